The molecule has 0 aliphatic rings. The van der Waals surface area contributed by atoms with Crippen LogP contribution in [0, 0.1) is 0 Å². The predicted octanol–water partition coefficient (Wildman–Crippen LogP) is 5.31. The van der Waals surface area contributed by atoms with E-state index in [9.17, 15) is 0 Å². The molecule has 0 fully saturated rings. The fraction of sp³-hybridized carbons (Fsp3) is 1.00. The van der Waals surface area contributed by atoms with Crippen molar-refractivity contribution in [3.63, 3.8) is 0 Å². The van der Waals surface area contributed by atoms with E-state index in [0.29, 0.717) is 0 Å². The molecule has 0 saturated carbocycles. The molecular formula is C11H23Cl2O2V. The molecule has 5 heteroatoms. The molecule has 0 spiro atoms. The smallest absolute Gasteiger partial charge is 0.0832 e. The summed E-state index contributed by atoms with van der Waals surface area (Å²) in [5.74, 6) is 0. The van der Waals surface area contributed by atoms with E-state index < -0.39 is 0 Å². The van der Waals surface area contributed by atoms with Crippen molar-refractivity contribution in [2.24, 2.45) is 0 Å². The summed E-state index contributed by atoms with van der Waals surface area (Å²) in [4.78, 5) is 0. The maximum absolute atomic E-state index is 4.94. The van der Waals surface area contributed by atoms with Crippen LogP contribution in [0.4, 0.5) is 0 Å². The van der Waals surface area contributed by atoms with Gasteiger partial charge in [0, 0.05) is 0 Å². The summed E-state index contributed by atoms with van der Waals surface area (Å²) in [6.45, 7) is 3.18. The molecule has 0 amide bonds. The molecule has 98 valence electrons. The Morgan fingerprint density at radius 3 is 1.56 bits per heavy atom. The Balaban J connectivity index is 0. The minimum absolute atomic E-state index is 0.913. The van der Waals surface area contributed by atoms with Crippen molar-refractivity contribution >= 4 is 23.7 Å². The van der Waals surface area contributed by atoms with E-state index >= 15 is 0 Å². The van der Waals surface area contributed by atoms with E-state index in [-0.39, 0.29) is 0 Å². The monoisotopic (exact) mass is 308 g/mol. The van der Waals surface area contributed by atoms with E-state index in [4.69, 9.17) is 3.66 Å². The van der Waals surface area contributed by atoms with E-state index in [1.54, 1.807) is 0 Å². The van der Waals surface area contributed by atoms with Crippen LogP contribution in [0.15, 0.2) is 0 Å². The summed E-state index contributed by atoms with van der Waals surface area (Å²) >= 11 is 10.7. The van der Waals surface area contributed by atoms with Crippen LogP contribution in [0.2, 0.25) is 0 Å². The Bertz CT molecular complexity index is 98.0. The first-order chi connectivity index (χ1) is 7.83. The van der Waals surface area contributed by atoms with Crippen molar-refractivity contribution in [1.29, 1.82) is 0 Å². The first-order valence-electron chi connectivity index (χ1n) is 5.99. The van der Waals surface area contributed by atoms with Gasteiger partial charge in [-0.3, -0.25) is 0 Å². The van der Waals surface area contributed by atoms with Crippen molar-refractivity contribution in [2.75, 3.05) is 6.61 Å². The second kappa shape index (κ2) is 21.4. The minimum atomic E-state index is 0.913. The zero-order valence-corrected chi connectivity index (χ0v) is 13.0. The van der Waals surface area contributed by atoms with Crippen LogP contribution in [-0.2, 0) is 25.3 Å². The van der Waals surface area contributed by atoms with Gasteiger partial charge in [-0.15, -0.1) is 0 Å². The van der Waals surface area contributed by atoms with Gasteiger partial charge in [0.05, 0.1) is 23.7 Å². The molecule has 0 aliphatic heterocycles. The molecule has 0 saturated heterocycles. The van der Waals surface area contributed by atoms with Gasteiger partial charge >= 0.3 is 92.8 Å². The van der Waals surface area contributed by atoms with Crippen molar-refractivity contribution < 1.29 is 25.3 Å². The van der Waals surface area contributed by atoms with Crippen LogP contribution in [0.25, 0.3) is 0 Å². The normalized spacial score (nSPS) is 9.69. The average Bonchev–Trinajstić information content (AvgIpc) is 2.28. The van der Waals surface area contributed by atoms with Crippen LogP contribution in [0.3, 0.4) is 0 Å². The molecule has 0 heterocycles. The summed E-state index contributed by atoms with van der Waals surface area (Å²) in [6, 6.07) is 0. The number of hydrogen-bond donors (Lipinski definition) is 0. The SMILES string of the molecule is CCCCCCCCCCC[O][V].ClOCl. The van der Waals surface area contributed by atoms with Crippen LogP contribution in [0.1, 0.15) is 64.7 Å². The number of rotatable bonds is 10. The van der Waals surface area contributed by atoms with Gasteiger partial charge in [0.15, 0.2) is 0 Å². The maximum atomic E-state index is 4.94. The molecule has 0 aromatic heterocycles. The van der Waals surface area contributed by atoms with E-state index in [0.717, 1.165) is 6.61 Å². The van der Waals surface area contributed by atoms with Gasteiger partial charge in [0.2, 0.25) is 0 Å². The van der Waals surface area contributed by atoms with Gasteiger partial charge in [-0.05, 0) is 0 Å². The van der Waals surface area contributed by atoms with Gasteiger partial charge < -0.3 is 0 Å². The third kappa shape index (κ3) is 24.4. The molecule has 0 aliphatic carbocycles. The second-order valence-corrected chi connectivity index (χ2v) is 4.59. The van der Waals surface area contributed by atoms with Crippen molar-refractivity contribution in [2.45, 2.75) is 64.7 Å². The van der Waals surface area contributed by atoms with E-state index in [1.165, 1.54) is 57.8 Å². The fourth-order valence-electron chi connectivity index (χ4n) is 1.48. The van der Waals surface area contributed by atoms with Crippen molar-refractivity contribution in [3.05, 3.63) is 0 Å². The maximum Gasteiger partial charge on any atom is 0.0832 e. The largest absolute Gasteiger partial charge is 0.166 e. The number of halogens is 2. The summed E-state index contributed by atoms with van der Waals surface area (Å²) in [6.07, 6.45) is 12.5. The first-order valence-corrected chi connectivity index (χ1v) is 7.17. The molecule has 0 N–H and O–H groups in total. The van der Waals surface area contributed by atoms with Crippen LogP contribution >= 0.6 is 23.7 Å². The van der Waals surface area contributed by atoms with E-state index in [2.05, 4.69) is 52.3 Å². The van der Waals surface area contributed by atoms with Crippen LogP contribution < -0.4 is 0 Å². The molecule has 0 rings (SSSR count). The topological polar surface area (TPSA) is 18.5 Å². The molecular weight excluding hydrogens is 286 g/mol. The van der Waals surface area contributed by atoms with Crippen molar-refractivity contribution in [1.82, 2.24) is 0 Å². The molecule has 2 nitrogen and oxygen atoms in total. The van der Waals surface area contributed by atoms with Gasteiger partial charge in [-0.2, -0.15) is 3.84 Å². The summed E-state index contributed by atoms with van der Waals surface area (Å²) in [7, 11) is 0. The third-order valence-corrected chi connectivity index (χ3v) is 2.62. The first kappa shape index (κ1) is 19.4. The zero-order chi connectivity index (χ0) is 12.5. The second-order valence-electron chi connectivity index (χ2n) is 3.72. The molecule has 0 unspecified atom stereocenters. The zero-order valence-electron chi connectivity index (χ0n) is 10.1. The Morgan fingerprint density at radius 2 is 1.19 bits per heavy atom. The fourth-order valence-corrected chi connectivity index (χ4v) is 1.68. The average molecular weight is 309 g/mol. The standard InChI is InChI=1S/C11H23O.Cl2O.V/c1-2-3-4-5-6-7-8-9-10-11-12;1-3-2;/h2-11H2,1H3;;/q-1;;+1. The predicted molar refractivity (Wildman–Crippen MR) is 66.0 cm³/mol. The Kier molecular flexibility index (Phi) is 26.0. The van der Waals surface area contributed by atoms with Gasteiger partial charge in [-0.1, -0.05) is 0 Å². The molecule has 0 aromatic carbocycles. The summed E-state index contributed by atoms with van der Waals surface area (Å²) < 4.78 is 8.13. The number of hydrogen-bond acceptors (Lipinski definition) is 2. The molecule has 0 bridgehead atoms. The van der Waals surface area contributed by atoms with Gasteiger partial charge in [0.1, 0.15) is 0 Å². The third-order valence-electron chi connectivity index (χ3n) is 2.34. The molecule has 0 radical (unpaired) electrons. The molecule has 0 atom stereocenters. The van der Waals surface area contributed by atoms with Crippen LogP contribution in [0.5, 0.6) is 0 Å². The quantitative estimate of drug-likeness (QED) is 0.509. The molecule has 16 heavy (non-hydrogen) atoms. The Morgan fingerprint density at radius 1 is 0.812 bits per heavy atom. The van der Waals surface area contributed by atoms with E-state index in [1.807, 2.05) is 0 Å². The van der Waals surface area contributed by atoms with Crippen LogP contribution in [-0.4, -0.2) is 6.61 Å². The van der Waals surface area contributed by atoms with Gasteiger partial charge in [0.25, 0.3) is 0 Å². The van der Waals surface area contributed by atoms with Crippen molar-refractivity contribution in [3.8, 4) is 0 Å². The number of unbranched alkanes of at least 4 members (excludes halogenated alkanes) is 8. The summed E-state index contributed by atoms with van der Waals surface area (Å²) in [5, 5.41) is 0. The van der Waals surface area contributed by atoms with Gasteiger partial charge in [-0.25, -0.2) is 0 Å². The molecule has 0 aromatic rings. The Hall–Kier alpha value is 1.08. The Labute approximate surface area is 120 Å². The summed E-state index contributed by atoms with van der Waals surface area (Å²) in [5.41, 5.74) is 0. The minimum Gasteiger partial charge on any atom is -0.166 e.